The molecule has 0 radical (unpaired) electrons. The van der Waals surface area contributed by atoms with Gasteiger partial charge in [0.15, 0.2) is 0 Å². The lowest BCUT2D eigenvalue weighted by Gasteiger charge is -2.10. The van der Waals surface area contributed by atoms with Gasteiger partial charge in [0, 0.05) is 6.20 Å². The highest BCUT2D eigenvalue weighted by atomic mass is 32.1. The van der Waals surface area contributed by atoms with Crippen LogP contribution in [0.15, 0.2) is 36.5 Å². The Bertz CT molecular complexity index is 705. The number of hydrogen-bond acceptors (Lipinski definition) is 6. The molecule has 0 bridgehead atoms. The molecule has 1 aliphatic rings. The van der Waals surface area contributed by atoms with E-state index in [9.17, 15) is 9.59 Å². The molecule has 8 heteroatoms. The summed E-state index contributed by atoms with van der Waals surface area (Å²) in [5, 5.41) is 3.48. The zero-order valence-corrected chi connectivity index (χ0v) is 13.8. The average molecular weight is 349 g/mol. The van der Waals surface area contributed by atoms with Gasteiger partial charge in [-0.15, -0.1) is 11.3 Å². The van der Waals surface area contributed by atoms with Crippen molar-refractivity contribution < 1.29 is 14.3 Å². The zero-order chi connectivity index (χ0) is 16.2. The number of pyridine rings is 1. The number of nitrogens with one attached hydrogen (secondary N) is 1. The molecule has 23 heavy (non-hydrogen) atoms. The molecule has 2 aromatic heterocycles. The van der Waals surface area contributed by atoms with Gasteiger partial charge >= 0.3 is 6.09 Å². The van der Waals surface area contributed by atoms with E-state index in [-0.39, 0.29) is 17.8 Å². The lowest BCUT2D eigenvalue weighted by molar-refractivity contribution is -0.118. The first-order valence-electron chi connectivity index (χ1n) is 7.04. The topological polar surface area (TPSA) is 71.5 Å². The van der Waals surface area contributed by atoms with Crippen LogP contribution in [0.1, 0.15) is 0 Å². The maximum absolute atomic E-state index is 12.0. The molecule has 0 aliphatic carbocycles. The van der Waals surface area contributed by atoms with Crippen LogP contribution < -0.4 is 10.2 Å². The van der Waals surface area contributed by atoms with Crippen molar-refractivity contribution in [2.75, 3.05) is 23.7 Å². The number of thiophene rings is 1. The fourth-order valence-corrected chi connectivity index (χ4v) is 3.30. The summed E-state index contributed by atoms with van der Waals surface area (Å²) < 4.78 is 5.28. The van der Waals surface area contributed by atoms with E-state index in [1.165, 1.54) is 11.3 Å². The van der Waals surface area contributed by atoms with E-state index in [2.05, 4.69) is 22.9 Å². The molecule has 1 N–H and O–H groups in total. The highest BCUT2D eigenvalue weighted by molar-refractivity contribution is 7.81. The summed E-state index contributed by atoms with van der Waals surface area (Å²) >= 11 is 5.37. The molecule has 0 aromatic carbocycles. The van der Waals surface area contributed by atoms with Gasteiger partial charge in [0.1, 0.15) is 11.1 Å². The Morgan fingerprint density at radius 3 is 3.04 bits per heavy atom. The normalized spacial score (nSPS) is 17.2. The predicted molar refractivity (Wildman–Crippen MR) is 92.0 cm³/mol. The molecule has 0 spiro atoms. The van der Waals surface area contributed by atoms with Crippen LogP contribution in [0.4, 0.5) is 9.80 Å². The van der Waals surface area contributed by atoms with Gasteiger partial charge in [-0.1, -0.05) is 6.07 Å². The molecule has 2 amide bonds. The molecule has 0 saturated carbocycles. The first-order valence-corrected chi connectivity index (χ1v) is 8.49. The van der Waals surface area contributed by atoms with E-state index < -0.39 is 6.09 Å². The second kappa shape index (κ2) is 7.01. The number of carbonyl (C=O) groups is 2. The van der Waals surface area contributed by atoms with Crippen LogP contribution in [0.3, 0.4) is 0 Å². The largest absolute Gasteiger partial charge is 0.442 e. The van der Waals surface area contributed by atoms with Crippen molar-refractivity contribution in [2.45, 2.75) is 6.10 Å². The van der Waals surface area contributed by atoms with Crippen molar-refractivity contribution in [1.82, 2.24) is 10.3 Å². The minimum Gasteiger partial charge on any atom is -0.442 e. The number of anilines is 1. The number of carbonyl (C=O) groups excluding carboxylic acids is 2. The molecule has 1 aliphatic heterocycles. The van der Waals surface area contributed by atoms with Gasteiger partial charge in [-0.05, 0) is 24.3 Å². The number of ether oxygens (including phenoxy) is 1. The summed E-state index contributed by atoms with van der Waals surface area (Å²) in [7, 11) is 0. The minimum absolute atomic E-state index is 0.114. The highest BCUT2D eigenvalue weighted by Gasteiger charge is 2.33. The smallest absolute Gasteiger partial charge is 0.415 e. The molecular weight excluding hydrogens is 334 g/mol. The first kappa shape index (κ1) is 15.8. The van der Waals surface area contributed by atoms with Crippen LogP contribution in [0.25, 0.3) is 10.6 Å². The third kappa shape index (κ3) is 3.65. The molecular formula is C15H15N3O3S2. The summed E-state index contributed by atoms with van der Waals surface area (Å²) in [6.45, 7) is 0.702. The predicted octanol–water partition coefficient (Wildman–Crippen LogP) is 2.18. The standard InChI is InChI=1S/C15H15N3O3S2/c19-13(9-22)17-7-10-8-18(15(20)21-10)14-5-4-12(23-14)11-3-1-2-6-16-11/h1-6,10,22H,7-9H2,(H,17,19)/t10-/m1/s1. The molecule has 0 unspecified atom stereocenters. The van der Waals surface area contributed by atoms with Crippen molar-refractivity contribution in [2.24, 2.45) is 0 Å². The van der Waals surface area contributed by atoms with Crippen LogP contribution in [0.5, 0.6) is 0 Å². The van der Waals surface area contributed by atoms with Gasteiger partial charge in [0.05, 0.1) is 29.4 Å². The first-order chi connectivity index (χ1) is 11.2. The third-order valence-electron chi connectivity index (χ3n) is 3.32. The van der Waals surface area contributed by atoms with Crippen LogP contribution in [-0.2, 0) is 9.53 Å². The second-order valence-corrected chi connectivity index (χ2v) is 6.31. The van der Waals surface area contributed by atoms with Gasteiger partial charge in [-0.25, -0.2) is 4.79 Å². The average Bonchev–Trinajstić information content (AvgIpc) is 3.20. The molecule has 3 rings (SSSR count). The highest BCUT2D eigenvalue weighted by Crippen LogP contribution is 2.34. The summed E-state index contributed by atoms with van der Waals surface area (Å²) in [5.41, 5.74) is 0.869. The van der Waals surface area contributed by atoms with Gasteiger partial charge in [0.25, 0.3) is 0 Å². The van der Waals surface area contributed by atoms with Crippen LogP contribution >= 0.6 is 24.0 Å². The Labute approximate surface area is 142 Å². The Morgan fingerprint density at radius 2 is 2.30 bits per heavy atom. The van der Waals surface area contributed by atoms with Gasteiger partial charge in [-0.3, -0.25) is 14.7 Å². The van der Waals surface area contributed by atoms with Gasteiger partial charge in [0.2, 0.25) is 5.91 Å². The maximum Gasteiger partial charge on any atom is 0.415 e. The summed E-state index contributed by atoms with van der Waals surface area (Å²) in [5.74, 6) is -0.0701. The monoisotopic (exact) mass is 349 g/mol. The number of aromatic nitrogens is 1. The van der Waals surface area contributed by atoms with E-state index in [1.54, 1.807) is 11.1 Å². The summed E-state index contributed by atoms with van der Waals surface area (Å²) in [4.78, 5) is 30.1. The Kier molecular flexibility index (Phi) is 4.82. The van der Waals surface area contributed by atoms with E-state index in [4.69, 9.17) is 4.74 Å². The zero-order valence-electron chi connectivity index (χ0n) is 12.1. The molecule has 1 fully saturated rings. The molecule has 120 valence electrons. The molecule has 2 aromatic rings. The van der Waals surface area contributed by atoms with Crippen molar-refractivity contribution in [3.8, 4) is 10.6 Å². The van der Waals surface area contributed by atoms with E-state index in [0.29, 0.717) is 13.1 Å². The van der Waals surface area contributed by atoms with Crippen LogP contribution in [0, 0.1) is 0 Å². The number of cyclic esters (lactones) is 1. The summed E-state index contributed by atoms with van der Waals surface area (Å²) in [6, 6.07) is 9.52. The fourth-order valence-electron chi connectivity index (χ4n) is 2.21. The quantitative estimate of drug-likeness (QED) is 0.812. The number of amides is 2. The van der Waals surface area contributed by atoms with Crippen molar-refractivity contribution in [1.29, 1.82) is 0 Å². The lowest BCUT2D eigenvalue weighted by atomic mass is 10.3. The lowest BCUT2D eigenvalue weighted by Crippen LogP contribution is -2.35. The molecule has 3 heterocycles. The Balaban J connectivity index is 1.67. The third-order valence-corrected chi connectivity index (χ3v) is 4.74. The molecule has 6 nitrogen and oxygen atoms in total. The maximum atomic E-state index is 12.0. The van der Waals surface area contributed by atoms with Crippen molar-refractivity contribution in [3.05, 3.63) is 36.5 Å². The SMILES string of the molecule is O=C(CS)NC[C@@H]1CN(c2ccc(-c3ccccn3)s2)C(=O)O1. The Morgan fingerprint density at radius 1 is 1.43 bits per heavy atom. The van der Waals surface area contributed by atoms with Crippen molar-refractivity contribution in [3.63, 3.8) is 0 Å². The number of rotatable bonds is 5. The fraction of sp³-hybridized carbons (Fsp3) is 0.267. The number of hydrogen-bond donors (Lipinski definition) is 2. The number of nitrogens with zero attached hydrogens (tertiary/aromatic N) is 2. The van der Waals surface area contributed by atoms with Crippen LogP contribution in [-0.4, -0.2) is 41.9 Å². The van der Waals surface area contributed by atoms with Crippen molar-refractivity contribution >= 4 is 41.0 Å². The number of thiol groups is 1. The van der Waals surface area contributed by atoms with Gasteiger partial charge < -0.3 is 10.1 Å². The molecule has 1 saturated heterocycles. The van der Waals surface area contributed by atoms with E-state index >= 15 is 0 Å². The molecule has 1 atom stereocenters. The summed E-state index contributed by atoms with van der Waals surface area (Å²) in [6.07, 6.45) is 0.982. The van der Waals surface area contributed by atoms with E-state index in [0.717, 1.165) is 15.6 Å². The minimum atomic E-state index is -0.399. The van der Waals surface area contributed by atoms with E-state index in [1.807, 2.05) is 30.3 Å². The second-order valence-electron chi connectivity index (χ2n) is 4.93. The van der Waals surface area contributed by atoms with Crippen LogP contribution in [0.2, 0.25) is 0 Å². The van der Waals surface area contributed by atoms with Gasteiger partial charge in [-0.2, -0.15) is 12.6 Å². The Hall–Kier alpha value is -2.06.